The number of rotatable bonds is 8. The molecule has 2 aromatic rings. The van der Waals surface area contributed by atoms with Crippen LogP contribution in [0.2, 0.25) is 0 Å². The van der Waals surface area contributed by atoms with Gasteiger partial charge in [-0.05, 0) is 37.6 Å². The fraction of sp³-hybridized carbons (Fsp3) is 0.524. The van der Waals surface area contributed by atoms with Crippen molar-refractivity contribution in [1.29, 1.82) is 0 Å². The number of carbonyl (C=O) groups excluding carboxylic acids is 2. The zero-order valence-electron chi connectivity index (χ0n) is 17.3. The summed E-state index contributed by atoms with van der Waals surface area (Å²) in [6.45, 7) is 8.99. The standard InChI is InChI=1S/C21H28N6O2S/c1-2-26-10-12-27(13-11-26)9-8-22-18(28)16-4-3-5-17(14-16)23-19(29)21-25-24-20(30-21)15-6-7-15/h3-5,14-15H,2,6-13H2,1H3,(H,22,28)(H,23,29). The first-order chi connectivity index (χ1) is 14.6. The molecule has 8 nitrogen and oxygen atoms in total. The average Bonchev–Trinajstić information content (AvgIpc) is 3.50. The SMILES string of the molecule is CCN1CCN(CCNC(=O)c2cccc(NC(=O)c3nnc(C4CC4)s3)c2)CC1. The first-order valence-electron chi connectivity index (χ1n) is 10.6. The maximum Gasteiger partial charge on any atom is 0.286 e. The summed E-state index contributed by atoms with van der Waals surface area (Å²) in [4.78, 5) is 29.7. The summed E-state index contributed by atoms with van der Waals surface area (Å²) in [5.74, 6) is 0.0556. The third kappa shape index (κ3) is 5.41. The van der Waals surface area contributed by atoms with Crippen LogP contribution in [0, 0.1) is 0 Å². The highest BCUT2D eigenvalue weighted by Gasteiger charge is 2.28. The predicted molar refractivity (Wildman–Crippen MR) is 117 cm³/mol. The smallest absolute Gasteiger partial charge is 0.286 e. The van der Waals surface area contributed by atoms with Gasteiger partial charge in [0, 0.05) is 56.4 Å². The van der Waals surface area contributed by atoms with Crippen molar-refractivity contribution in [2.45, 2.75) is 25.7 Å². The lowest BCUT2D eigenvalue weighted by molar-refractivity contribution is 0.0936. The van der Waals surface area contributed by atoms with Crippen molar-refractivity contribution >= 4 is 28.8 Å². The van der Waals surface area contributed by atoms with Crippen LogP contribution in [0.4, 0.5) is 5.69 Å². The second kappa shape index (κ2) is 9.63. The molecule has 4 rings (SSSR count). The van der Waals surface area contributed by atoms with Crippen molar-refractivity contribution in [3.63, 3.8) is 0 Å². The molecular weight excluding hydrogens is 400 g/mol. The van der Waals surface area contributed by atoms with Crippen LogP contribution >= 0.6 is 11.3 Å². The number of likely N-dealkylation sites (N-methyl/N-ethyl adjacent to an activating group) is 1. The van der Waals surface area contributed by atoms with Gasteiger partial charge in [-0.1, -0.05) is 24.3 Å². The van der Waals surface area contributed by atoms with Crippen LogP contribution in [0.25, 0.3) is 0 Å². The molecule has 2 N–H and O–H groups in total. The van der Waals surface area contributed by atoms with E-state index in [9.17, 15) is 9.59 Å². The van der Waals surface area contributed by atoms with Crippen LogP contribution in [-0.2, 0) is 0 Å². The van der Waals surface area contributed by atoms with Gasteiger partial charge in [0.15, 0.2) is 0 Å². The topological polar surface area (TPSA) is 90.5 Å². The number of hydrogen-bond acceptors (Lipinski definition) is 7. The molecule has 0 radical (unpaired) electrons. The van der Waals surface area contributed by atoms with Gasteiger partial charge in [-0.25, -0.2) is 0 Å². The lowest BCUT2D eigenvalue weighted by Crippen LogP contribution is -2.48. The molecule has 1 aliphatic heterocycles. The van der Waals surface area contributed by atoms with Crippen molar-refractivity contribution < 1.29 is 9.59 Å². The monoisotopic (exact) mass is 428 g/mol. The van der Waals surface area contributed by atoms with E-state index < -0.39 is 0 Å². The highest BCUT2D eigenvalue weighted by atomic mass is 32.1. The number of nitrogens with one attached hydrogen (secondary N) is 2. The molecule has 1 aliphatic carbocycles. The third-order valence-electron chi connectivity index (χ3n) is 5.57. The van der Waals surface area contributed by atoms with E-state index in [1.807, 2.05) is 0 Å². The molecule has 9 heteroatoms. The predicted octanol–water partition coefficient (Wildman–Crippen LogP) is 2.04. The van der Waals surface area contributed by atoms with Crippen molar-refractivity contribution in [3.05, 3.63) is 39.8 Å². The van der Waals surface area contributed by atoms with E-state index in [4.69, 9.17) is 0 Å². The van der Waals surface area contributed by atoms with Crippen molar-refractivity contribution in [3.8, 4) is 0 Å². The number of carbonyl (C=O) groups is 2. The number of nitrogens with zero attached hydrogens (tertiary/aromatic N) is 4. The van der Waals surface area contributed by atoms with E-state index >= 15 is 0 Å². The molecule has 2 amide bonds. The molecular formula is C21H28N6O2S. The largest absolute Gasteiger partial charge is 0.351 e. The van der Waals surface area contributed by atoms with E-state index in [-0.39, 0.29) is 11.8 Å². The minimum atomic E-state index is -0.289. The molecule has 160 valence electrons. The van der Waals surface area contributed by atoms with Crippen molar-refractivity contribution in [1.82, 2.24) is 25.3 Å². The van der Waals surface area contributed by atoms with Gasteiger partial charge in [0.25, 0.3) is 11.8 Å². The molecule has 0 unspecified atom stereocenters. The summed E-state index contributed by atoms with van der Waals surface area (Å²) in [6.07, 6.45) is 2.25. The summed E-state index contributed by atoms with van der Waals surface area (Å²) in [6, 6.07) is 6.98. The van der Waals surface area contributed by atoms with Crippen LogP contribution in [-0.4, -0.2) is 77.6 Å². The molecule has 2 fully saturated rings. The second-order valence-electron chi connectivity index (χ2n) is 7.79. The zero-order chi connectivity index (χ0) is 20.9. The van der Waals surface area contributed by atoms with Gasteiger partial charge in [-0.2, -0.15) is 0 Å². The van der Waals surface area contributed by atoms with Gasteiger partial charge in [-0.15, -0.1) is 10.2 Å². The summed E-state index contributed by atoms with van der Waals surface area (Å²) < 4.78 is 0. The van der Waals surface area contributed by atoms with Crippen LogP contribution in [0.15, 0.2) is 24.3 Å². The Hall–Kier alpha value is -2.36. The zero-order valence-corrected chi connectivity index (χ0v) is 18.1. The molecule has 0 spiro atoms. The van der Waals surface area contributed by atoms with Gasteiger partial charge >= 0.3 is 0 Å². The Kier molecular flexibility index (Phi) is 6.71. The van der Waals surface area contributed by atoms with E-state index in [0.717, 1.165) is 57.1 Å². The Morgan fingerprint density at radius 3 is 2.60 bits per heavy atom. The first kappa shape index (κ1) is 20.9. The van der Waals surface area contributed by atoms with Crippen LogP contribution in [0.1, 0.15) is 50.9 Å². The van der Waals surface area contributed by atoms with Gasteiger partial charge in [0.1, 0.15) is 5.01 Å². The van der Waals surface area contributed by atoms with Gasteiger partial charge < -0.3 is 15.5 Å². The molecule has 2 heterocycles. The molecule has 0 atom stereocenters. The minimum Gasteiger partial charge on any atom is -0.351 e. The summed E-state index contributed by atoms with van der Waals surface area (Å²) in [5, 5.41) is 15.2. The van der Waals surface area contributed by atoms with Crippen LogP contribution in [0.5, 0.6) is 0 Å². The molecule has 1 saturated carbocycles. The van der Waals surface area contributed by atoms with Gasteiger partial charge in [0.2, 0.25) is 5.01 Å². The maximum atomic E-state index is 12.5. The van der Waals surface area contributed by atoms with E-state index in [1.54, 1.807) is 24.3 Å². The quantitative estimate of drug-likeness (QED) is 0.669. The Balaban J connectivity index is 1.26. The minimum absolute atomic E-state index is 0.134. The molecule has 1 aromatic carbocycles. The Bertz CT molecular complexity index is 889. The van der Waals surface area contributed by atoms with E-state index in [0.29, 0.717) is 28.7 Å². The number of amides is 2. The lowest BCUT2D eigenvalue weighted by atomic mass is 10.2. The summed E-state index contributed by atoms with van der Waals surface area (Å²) in [7, 11) is 0. The Morgan fingerprint density at radius 1 is 1.10 bits per heavy atom. The number of aromatic nitrogens is 2. The van der Waals surface area contributed by atoms with Crippen molar-refractivity contribution in [2.75, 3.05) is 51.1 Å². The Morgan fingerprint density at radius 2 is 1.87 bits per heavy atom. The highest BCUT2D eigenvalue weighted by Crippen LogP contribution is 2.41. The van der Waals surface area contributed by atoms with E-state index in [1.165, 1.54) is 11.3 Å². The van der Waals surface area contributed by atoms with Crippen molar-refractivity contribution in [2.24, 2.45) is 0 Å². The molecule has 1 aromatic heterocycles. The molecule has 1 saturated heterocycles. The lowest BCUT2D eigenvalue weighted by Gasteiger charge is -2.33. The third-order valence-corrected chi connectivity index (χ3v) is 6.65. The average molecular weight is 429 g/mol. The fourth-order valence-electron chi connectivity index (χ4n) is 3.50. The number of anilines is 1. The summed E-state index contributed by atoms with van der Waals surface area (Å²) in [5.41, 5.74) is 1.10. The number of piperazine rings is 1. The molecule has 30 heavy (non-hydrogen) atoms. The summed E-state index contributed by atoms with van der Waals surface area (Å²) >= 11 is 1.35. The van der Waals surface area contributed by atoms with Crippen LogP contribution in [0.3, 0.4) is 0 Å². The molecule has 2 aliphatic rings. The maximum absolute atomic E-state index is 12.5. The molecule has 0 bridgehead atoms. The van der Waals surface area contributed by atoms with Gasteiger partial charge in [-0.3, -0.25) is 14.5 Å². The second-order valence-corrected chi connectivity index (χ2v) is 8.80. The Labute approximate surface area is 180 Å². The number of hydrogen-bond donors (Lipinski definition) is 2. The fourth-order valence-corrected chi connectivity index (χ4v) is 4.41. The first-order valence-corrected chi connectivity index (χ1v) is 11.4. The van der Waals surface area contributed by atoms with E-state index in [2.05, 4.69) is 37.6 Å². The highest BCUT2D eigenvalue weighted by molar-refractivity contribution is 7.13. The van der Waals surface area contributed by atoms with Crippen LogP contribution < -0.4 is 10.6 Å². The number of benzene rings is 1. The van der Waals surface area contributed by atoms with Gasteiger partial charge in [0.05, 0.1) is 0 Å². The normalized spacial score (nSPS) is 17.6.